The van der Waals surface area contributed by atoms with E-state index < -0.39 is 11.7 Å². The molecule has 0 spiro atoms. The van der Waals surface area contributed by atoms with Gasteiger partial charge in [-0.25, -0.2) is 4.98 Å². The van der Waals surface area contributed by atoms with Gasteiger partial charge in [0.25, 0.3) is 0 Å². The number of benzene rings is 1. The van der Waals surface area contributed by atoms with E-state index >= 15 is 0 Å². The van der Waals surface area contributed by atoms with E-state index in [1.165, 1.54) is 18.3 Å². The highest BCUT2D eigenvalue weighted by Gasteiger charge is 2.29. The number of aromatic nitrogens is 5. The molecular formula is C19H16F3N7O2. The molecular weight excluding hydrogens is 415 g/mol. The zero-order valence-electron chi connectivity index (χ0n) is 16.2. The average molecular weight is 431 g/mol. The summed E-state index contributed by atoms with van der Waals surface area (Å²) in [4.78, 5) is 10.5. The van der Waals surface area contributed by atoms with Gasteiger partial charge in [-0.3, -0.25) is 0 Å². The van der Waals surface area contributed by atoms with E-state index in [4.69, 9.17) is 14.8 Å². The molecule has 1 aromatic carbocycles. The minimum atomic E-state index is -4.37. The van der Waals surface area contributed by atoms with Gasteiger partial charge in [0.15, 0.2) is 6.61 Å². The molecule has 3 aromatic rings. The topological polar surface area (TPSA) is 111 Å². The first-order chi connectivity index (χ1) is 14.8. The molecule has 2 heterocycles. The van der Waals surface area contributed by atoms with E-state index in [1.54, 1.807) is 19.1 Å². The van der Waals surface area contributed by atoms with Crippen LogP contribution in [-0.4, -0.2) is 30.9 Å². The van der Waals surface area contributed by atoms with Gasteiger partial charge in [0, 0.05) is 17.8 Å². The number of hydrogen-bond acceptors (Lipinski definition) is 8. The predicted octanol–water partition coefficient (Wildman–Crippen LogP) is 3.13. The van der Waals surface area contributed by atoms with Crippen LogP contribution < -0.4 is 4.74 Å². The number of nitriles is 1. The number of hydrogen-bond donors (Lipinski definition) is 0. The molecule has 0 saturated heterocycles. The molecule has 0 aliphatic carbocycles. The second-order valence-electron chi connectivity index (χ2n) is 6.21. The Bertz CT molecular complexity index is 1070. The Morgan fingerprint density at radius 1 is 1.16 bits per heavy atom. The Hall–Kier alpha value is -4.01. The standard InChI is InChI=1S/C19H16F3N7O2/c1-13(27-31-11-14-2-5-16(6-3-14)19(20,21)22)15-4-7-18(24-10-15)30-12-17-25-28-29(26-17)9-8-23/h2-7,10H,9,11-12H2,1H3/b27-13+. The molecule has 3 rings (SSSR count). The van der Waals surface area contributed by atoms with Gasteiger partial charge in [-0.1, -0.05) is 17.3 Å². The van der Waals surface area contributed by atoms with Crippen LogP contribution in [0.25, 0.3) is 0 Å². The maximum atomic E-state index is 12.6. The van der Waals surface area contributed by atoms with Crippen molar-refractivity contribution in [3.05, 3.63) is 65.1 Å². The minimum absolute atomic E-state index is 0.000499. The molecule has 9 nitrogen and oxygen atoms in total. The normalized spacial score (nSPS) is 11.8. The van der Waals surface area contributed by atoms with E-state index in [9.17, 15) is 13.2 Å². The average Bonchev–Trinajstić information content (AvgIpc) is 3.20. The summed E-state index contributed by atoms with van der Waals surface area (Å²) in [6.45, 7) is 1.78. The molecule has 0 unspecified atom stereocenters. The van der Waals surface area contributed by atoms with E-state index in [1.807, 2.05) is 6.07 Å². The van der Waals surface area contributed by atoms with E-state index in [-0.39, 0.29) is 19.8 Å². The van der Waals surface area contributed by atoms with Gasteiger partial charge in [-0.15, -0.1) is 15.0 Å². The van der Waals surface area contributed by atoms with Gasteiger partial charge in [-0.2, -0.15) is 18.4 Å². The third-order valence-corrected chi connectivity index (χ3v) is 3.92. The molecule has 0 radical (unpaired) electrons. The van der Waals surface area contributed by atoms with Crippen molar-refractivity contribution in [3.63, 3.8) is 0 Å². The Labute approximate surface area is 174 Å². The number of tetrazole rings is 1. The van der Waals surface area contributed by atoms with Crippen LogP contribution in [0.2, 0.25) is 0 Å². The third kappa shape index (κ3) is 6.23. The van der Waals surface area contributed by atoms with Crippen LogP contribution in [0.15, 0.2) is 47.8 Å². The first kappa shape index (κ1) is 21.7. The number of halogens is 3. The maximum Gasteiger partial charge on any atom is 0.416 e. The number of alkyl halides is 3. The van der Waals surface area contributed by atoms with Gasteiger partial charge < -0.3 is 9.57 Å². The highest BCUT2D eigenvalue weighted by atomic mass is 19.4. The van der Waals surface area contributed by atoms with Crippen molar-refractivity contribution in [2.24, 2.45) is 5.16 Å². The van der Waals surface area contributed by atoms with Crippen LogP contribution in [0, 0.1) is 11.3 Å². The first-order valence-electron chi connectivity index (χ1n) is 8.90. The van der Waals surface area contributed by atoms with Crippen LogP contribution in [-0.2, 0) is 30.8 Å². The fraction of sp³-hybridized carbons (Fsp3) is 0.263. The lowest BCUT2D eigenvalue weighted by Gasteiger charge is -2.07. The molecule has 0 aliphatic heterocycles. The van der Waals surface area contributed by atoms with Crippen LogP contribution >= 0.6 is 0 Å². The lowest BCUT2D eigenvalue weighted by Crippen LogP contribution is -2.04. The van der Waals surface area contributed by atoms with E-state index in [0.717, 1.165) is 16.9 Å². The Morgan fingerprint density at radius 2 is 1.94 bits per heavy atom. The van der Waals surface area contributed by atoms with E-state index in [0.29, 0.717) is 28.5 Å². The summed E-state index contributed by atoms with van der Waals surface area (Å²) in [7, 11) is 0. The van der Waals surface area contributed by atoms with Crippen LogP contribution in [0.4, 0.5) is 13.2 Å². The van der Waals surface area contributed by atoms with Gasteiger partial charge in [-0.05, 0) is 35.9 Å². The largest absolute Gasteiger partial charge is 0.469 e. The lowest BCUT2D eigenvalue weighted by atomic mass is 10.1. The summed E-state index contributed by atoms with van der Waals surface area (Å²) in [6.07, 6.45) is -2.83. The second-order valence-corrected chi connectivity index (χ2v) is 6.21. The maximum absolute atomic E-state index is 12.6. The summed E-state index contributed by atoms with van der Waals surface area (Å²) in [6, 6.07) is 9.94. The fourth-order valence-electron chi connectivity index (χ4n) is 2.33. The summed E-state index contributed by atoms with van der Waals surface area (Å²) in [5.74, 6) is 0.648. The van der Waals surface area contributed by atoms with Crippen LogP contribution in [0.5, 0.6) is 5.88 Å². The number of oxime groups is 1. The summed E-state index contributed by atoms with van der Waals surface area (Å²) < 4.78 is 43.2. The minimum Gasteiger partial charge on any atom is -0.469 e. The van der Waals surface area contributed by atoms with Crippen LogP contribution in [0.3, 0.4) is 0 Å². The first-order valence-corrected chi connectivity index (χ1v) is 8.90. The van der Waals surface area contributed by atoms with Crippen LogP contribution in [0.1, 0.15) is 29.4 Å². The Balaban J connectivity index is 1.50. The number of rotatable bonds is 8. The van der Waals surface area contributed by atoms with E-state index in [2.05, 4.69) is 25.6 Å². The van der Waals surface area contributed by atoms with Gasteiger partial charge in [0.05, 0.1) is 17.3 Å². The number of nitrogens with zero attached hydrogens (tertiary/aromatic N) is 7. The van der Waals surface area contributed by atoms with Crippen molar-refractivity contribution in [1.82, 2.24) is 25.2 Å². The quantitative estimate of drug-likeness (QED) is 0.398. The predicted molar refractivity (Wildman–Crippen MR) is 100 cm³/mol. The van der Waals surface area contributed by atoms with Crippen molar-refractivity contribution < 1.29 is 22.7 Å². The monoisotopic (exact) mass is 431 g/mol. The fourth-order valence-corrected chi connectivity index (χ4v) is 2.33. The van der Waals surface area contributed by atoms with Crippen molar-refractivity contribution in [2.75, 3.05) is 0 Å². The van der Waals surface area contributed by atoms with Gasteiger partial charge >= 0.3 is 6.18 Å². The summed E-state index contributed by atoms with van der Waals surface area (Å²) >= 11 is 0. The highest BCUT2D eigenvalue weighted by molar-refractivity contribution is 5.98. The molecule has 0 N–H and O–H groups in total. The molecule has 0 amide bonds. The molecule has 12 heteroatoms. The van der Waals surface area contributed by atoms with Crippen molar-refractivity contribution in [3.8, 4) is 11.9 Å². The van der Waals surface area contributed by atoms with Crippen molar-refractivity contribution in [1.29, 1.82) is 5.26 Å². The number of pyridine rings is 1. The summed E-state index contributed by atoms with van der Waals surface area (Å²) in [5.41, 5.74) is 1.06. The Morgan fingerprint density at radius 3 is 2.58 bits per heavy atom. The Kier molecular flexibility index (Phi) is 6.76. The van der Waals surface area contributed by atoms with Crippen molar-refractivity contribution >= 4 is 5.71 Å². The molecule has 0 atom stereocenters. The molecule has 0 bridgehead atoms. The zero-order valence-corrected chi connectivity index (χ0v) is 16.2. The summed E-state index contributed by atoms with van der Waals surface area (Å²) in [5, 5.41) is 24.0. The lowest BCUT2D eigenvalue weighted by molar-refractivity contribution is -0.137. The second kappa shape index (κ2) is 9.66. The molecule has 31 heavy (non-hydrogen) atoms. The smallest absolute Gasteiger partial charge is 0.416 e. The molecule has 160 valence electrons. The highest BCUT2D eigenvalue weighted by Crippen LogP contribution is 2.29. The third-order valence-electron chi connectivity index (χ3n) is 3.92. The van der Waals surface area contributed by atoms with Gasteiger partial charge in [0.1, 0.15) is 13.2 Å². The van der Waals surface area contributed by atoms with Gasteiger partial charge in [0.2, 0.25) is 11.7 Å². The zero-order chi connectivity index (χ0) is 22.3. The van der Waals surface area contributed by atoms with Crippen molar-refractivity contribution in [2.45, 2.75) is 32.9 Å². The SMILES string of the molecule is C/C(=N\OCc1ccc(C(F)(F)F)cc1)c1ccc(OCc2nnn(CC#N)n2)nc1. The molecule has 0 aliphatic rings. The number of ether oxygens (including phenoxy) is 1. The molecule has 0 saturated carbocycles. The molecule has 0 fully saturated rings. The molecule has 2 aromatic heterocycles.